The number of rotatable bonds is 20. The second kappa shape index (κ2) is 21.1. The number of hydrogen-bond acceptors (Lipinski definition) is 11. The van der Waals surface area contributed by atoms with Gasteiger partial charge in [0.2, 0.25) is 0 Å². The third kappa shape index (κ3) is 13.2. The molecule has 0 saturated carbocycles. The number of hydrogen-bond donors (Lipinski definition) is 0. The zero-order valence-electron chi connectivity index (χ0n) is 30.4. The second-order valence-corrected chi connectivity index (χ2v) is 11.9. The van der Waals surface area contributed by atoms with Gasteiger partial charge in [-0.1, -0.05) is 13.2 Å². The Labute approximate surface area is 314 Å². The Hall–Kier alpha value is -6.49. The van der Waals surface area contributed by atoms with E-state index in [1.165, 1.54) is 0 Å². The molecule has 0 spiro atoms. The summed E-state index contributed by atoms with van der Waals surface area (Å²) >= 11 is 0. The fourth-order valence-electron chi connectivity index (χ4n) is 4.79. The van der Waals surface area contributed by atoms with Crippen molar-refractivity contribution in [3.05, 3.63) is 138 Å². The average molecular weight is 734 g/mol. The number of aryl methyl sites for hydroxylation is 2. The summed E-state index contributed by atoms with van der Waals surface area (Å²) in [6.07, 6.45) is 6.69. The molecule has 0 unspecified atom stereocenters. The molecule has 54 heavy (non-hydrogen) atoms. The summed E-state index contributed by atoms with van der Waals surface area (Å²) in [5.41, 5.74) is 3.73. The lowest BCUT2D eigenvalue weighted by atomic mass is 10.1. The van der Waals surface area contributed by atoms with Crippen LogP contribution in [0.4, 0.5) is 5.69 Å². The SMILES string of the molecule is C=CC(=O)OCCCCOc1ccc(C(=O)Oc2ccc(C=Nc3ccc(OC(=O)c4ccc(OCCCCOC(=O)C=C)cc4)c(C)c3)cc2C)cc1. The number of carbonyl (C=O) groups excluding carboxylic acids is 4. The molecule has 4 rings (SSSR count). The predicted octanol–water partition coefficient (Wildman–Crippen LogP) is 8.27. The highest BCUT2D eigenvalue weighted by molar-refractivity contribution is 5.92. The summed E-state index contributed by atoms with van der Waals surface area (Å²) in [4.78, 5) is 52.3. The van der Waals surface area contributed by atoms with Gasteiger partial charge < -0.3 is 28.4 Å². The Kier molecular flexibility index (Phi) is 15.8. The topological polar surface area (TPSA) is 136 Å². The third-order valence-corrected chi connectivity index (χ3v) is 7.74. The van der Waals surface area contributed by atoms with E-state index in [9.17, 15) is 19.2 Å². The first-order valence-electron chi connectivity index (χ1n) is 17.4. The lowest BCUT2D eigenvalue weighted by molar-refractivity contribution is -0.138. The van der Waals surface area contributed by atoms with Crippen LogP contribution in [0, 0.1) is 13.8 Å². The van der Waals surface area contributed by atoms with Gasteiger partial charge in [0, 0.05) is 18.4 Å². The van der Waals surface area contributed by atoms with Gasteiger partial charge in [0.05, 0.1) is 43.2 Å². The summed E-state index contributed by atoms with van der Waals surface area (Å²) in [6.45, 7) is 11.9. The van der Waals surface area contributed by atoms with E-state index in [0.717, 1.165) is 28.8 Å². The van der Waals surface area contributed by atoms with Crippen LogP contribution < -0.4 is 18.9 Å². The Balaban J connectivity index is 1.22. The van der Waals surface area contributed by atoms with Crippen molar-refractivity contribution in [1.29, 1.82) is 0 Å². The van der Waals surface area contributed by atoms with Crippen molar-refractivity contribution in [3.63, 3.8) is 0 Å². The van der Waals surface area contributed by atoms with Gasteiger partial charge in [-0.05, 0) is 141 Å². The zero-order chi connectivity index (χ0) is 38.7. The predicted molar refractivity (Wildman–Crippen MR) is 204 cm³/mol. The number of esters is 4. The minimum absolute atomic E-state index is 0.304. The van der Waals surface area contributed by atoms with Gasteiger partial charge in [0.1, 0.15) is 23.0 Å². The first kappa shape index (κ1) is 40.3. The standard InChI is InChI=1S/C43H43NO10/c1-5-40(45)51-25-9-7-23-49-36-17-12-33(13-18-36)42(47)53-38-21-11-32(27-30(38)3)29-44-35-16-22-39(31(4)28-35)54-43(48)34-14-19-37(20-15-34)50-24-8-10-26-52-41(46)6-2/h5-6,11-22,27-29H,1-2,7-10,23-26H2,3-4H3. The van der Waals surface area contributed by atoms with Crippen molar-refractivity contribution in [1.82, 2.24) is 0 Å². The van der Waals surface area contributed by atoms with Gasteiger partial charge in [-0.2, -0.15) is 0 Å². The van der Waals surface area contributed by atoms with E-state index in [1.807, 2.05) is 26.0 Å². The maximum absolute atomic E-state index is 12.8. The van der Waals surface area contributed by atoms with E-state index in [-0.39, 0.29) is 0 Å². The first-order valence-corrected chi connectivity index (χ1v) is 17.4. The van der Waals surface area contributed by atoms with Gasteiger partial charge in [-0.25, -0.2) is 19.2 Å². The normalized spacial score (nSPS) is 10.6. The number of nitrogens with zero attached hydrogens (tertiary/aromatic N) is 1. The minimum atomic E-state index is -0.499. The van der Waals surface area contributed by atoms with Gasteiger partial charge in [0.25, 0.3) is 0 Å². The van der Waals surface area contributed by atoms with Crippen molar-refractivity contribution in [2.45, 2.75) is 39.5 Å². The lowest BCUT2D eigenvalue weighted by Gasteiger charge is -2.10. The van der Waals surface area contributed by atoms with Crippen LogP contribution >= 0.6 is 0 Å². The molecule has 0 radical (unpaired) electrons. The molecule has 0 aliphatic rings. The number of benzene rings is 4. The highest BCUT2D eigenvalue weighted by Crippen LogP contribution is 2.26. The summed E-state index contributed by atoms with van der Waals surface area (Å²) in [5.74, 6) is 0.195. The van der Waals surface area contributed by atoms with E-state index in [1.54, 1.807) is 79.0 Å². The molecule has 0 fully saturated rings. The maximum Gasteiger partial charge on any atom is 0.343 e. The number of aliphatic imine (C=N–C) groups is 1. The molecule has 0 heterocycles. The van der Waals surface area contributed by atoms with Gasteiger partial charge >= 0.3 is 23.9 Å². The number of carbonyl (C=O) groups is 4. The van der Waals surface area contributed by atoms with Crippen LogP contribution in [0.5, 0.6) is 23.0 Å². The molecule has 280 valence electrons. The van der Waals surface area contributed by atoms with Crippen molar-refractivity contribution in [2.24, 2.45) is 4.99 Å². The van der Waals surface area contributed by atoms with Gasteiger partial charge in [0.15, 0.2) is 0 Å². The lowest BCUT2D eigenvalue weighted by Crippen LogP contribution is -2.09. The van der Waals surface area contributed by atoms with Gasteiger partial charge in [-0.15, -0.1) is 0 Å². The Morgan fingerprint density at radius 1 is 0.574 bits per heavy atom. The highest BCUT2D eigenvalue weighted by atomic mass is 16.5. The summed E-state index contributed by atoms with van der Waals surface area (Å²) < 4.78 is 32.5. The number of ether oxygens (including phenoxy) is 6. The molecular formula is C43H43NO10. The van der Waals surface area contributed by atoms with Crippen LogP contribution in [-0.2, 0) is 19.1 Å². The smallest absolute Gasteiger partial charge is 0.343 e. The fraction of sp³-hybridized carbons (Fsp3) is 0.233. The Morgan fingerprint density at radius 2 is 1.02 bits per heavy atom. The fourth-order valence-corrected chi connectivity index (χ4v) is 4.79. The molecule has 0 aliphatic heterocycles. The average Bonchev–Trinajstić information content (AvgIpc) is 3.18. The molecule has 0 atom stereocenters. The molecule has 11 heteroatoms. The number of unbranched alkanes of at least 4 members (excludes halogenated alkanes) is 2. The monoisotopic (exact) mass is 733 g/mol. The van der Waals surface area contributed by atoms with Gasteiger partial charge in [-0.3, -0.25) is 4.99 Å². The van der Waals surface area contributed by atoms with Crippen LogP contribution in [0.3, 0.4) is 0 Å². The molecule has 0 aromatic heterocycles. The minimum Gasteiger partial charge on any atom is -0.494 e. The van der Waals surface area contributed by atoms with Crippen LogP contribution in [-0.4, -0.2) is 56.5 Å². The van der Waals surface area contributed by atoms with E-state index in [0.29, 0.717) is 91.9 Å². The molecule has 0 saturated heterocycles. The van der Waals surface area contributed by atoms with Crippen LogP contribution in [0.1, 0.15) is 63.1 Å². The van der Waals surface area contributed by atoms with E-state index in [2.05, 4.69) is 18.2 Å². The summed E-state index contributed by atoms with van der Waals surface area (Å²) in [7, 11) is 0. The maximum atomic E-state index is 12.8. The molecule has 0 N–H and O–H groups in total. The summed E-state index contributed by atoms with van der Waals surface area (Å²) in [5, 5.41) is 0. The molecule has 0 aliphatic carbocycles. The molecule has 0 bridgehead atoms. The highest BCUT2D eigenvalue weighted by Gasteiger charge is 2.13. The van der Waals surface area contributed by atoms with Crippen molar-refractivity contribution in [2.75, 3.05) is 26.4 Å². The molecule has 11 nitrogen and oxygen atoms in total. The molecular weight excluding hydrogens is 690 g/mol. The van der Waals surface area contributed by atoms with E-state index in [4.69, 9.17) is 28.4 Å². The first-order chi connectivity index (χ1) is 26.1. The van der Waals surface area contributed by atoms with Crippen LogP contribution in [0.25, 0.3) is 0 Å². The van der Waals surface area contributed by atoms with Crippen LogP contribution in [0.15, 0.2) is 115 Å². The van der Waals surface area contributed by atoms with E-state index < -0.39 is 23.9 Å². The van der Waals surface area contributed by atoms with Crippen molar-refractivity contribution in [3.8, 4) is 23.0 Å². The van der Waals surface area contributed by atoms with Crippen molar-refractivity contribution >= 4 is 35.8 Å². The van der Waals surface area contributed by atoms with Crippen molar-refractivity contribution < 1.29 is 47.6 Å². The molecule has 4 aromatic rings. The van der Waals surface area contributed by atoms with E-state index >= 15 is 0 Å². The Morgan fingerprint density at radius 3 is 1.46 bits per heavy atom. The summed E-state index contributed by atoms with van der Waals surface area (Å²) in [6, 6.07) is 24.0. The Bertz CT molecular complexity index is 1810. The zero-order valence-corrected chi connectivity index (χ0v) is 30.4. The second-order valence-electron chi connectivity index (χ2n) is 11.9. The third-order valence-electron chi connectivity index (χ3n) is 7.74. The largest absolute Gasteiger partial charge is 0.494 e. The van der Waals surface area contributed by atoms with Crippen LogP contribution in [0.2, 0.25) is 0 Å². The molecule has 4 aromatic carbocycles. The molecule has 0 amide bonds. The quantitative estimate of drug-likeness (QED) is 0.0287.